The summed E-state index contributed by atoms with van der Waals surface area (Å²) in [6.45, 7) is 0.395. The van der Waals surface area contributed by atoms with E-state index >= 15 is 0 Å². The van der Waals surface area contributed by atoms with Gasteiger partial charge in [-0.15, -0.1) is 0 Å². The summed E-state index contributed by atoms with van der Waals surface area (Å²) in [4.78, 5) is 12.4. The van der Waals surface area contributed by atoms with Crippen molar-refractivity contribution in [2.75, 3.05) is 14.2 Å². The van der Waals surface area contributed by atoms with Crippen LogP contribution in [0.25, 0.3) is 0 Å². The quantitative estimate of drug-likeness (QED) is 0.528. The van der Waals surface area contributed by atoms with Crippen LogP contribution in [-0.4, -0.2) is 25.3 Å². The van der Waals surface area contributed by atoms with Crippen LogP contribution in [0.5, 0.6) is 17.2 Å². The number of methoxy groups -OCH3 is 2. The average molecular weight is 441 g/mol. The molecule has 6 nitrogen and oxygen atoms in total. The van der Waals surface area contributed by atoms with Crippen molar-refractivity contribution in [2.24, 2.45) is 0 Å². The molecule has 160 valence electrons. The van der Waals surface area contributed by atoms with Gasteiger partial charge in [0, 0.05) is 16.7 Å². The van der Waals surface area contributed by atoms with Gasteiger partial charge in [-0.2, -0.15) is 0 Å². The second-order valence-electron chi connectivity index (χ2n) is 7.05. The number of fused-ring (bicyclic) bond motifs is 1. The molecule has 4 rings (SSSR count). The highest BCUT2D eigenvalue weighted by Crippen LogP contribution is 2.45. The summed E-state index contributed by atoms with van der Waals surface area (Å²) in [5, 5.41) is 11.6. The Labute approximate surface area is 184 Å². The Hall–Kier alpha value is -3.22. The SMILES string of the molecule is COc1cc(OC)c2c(c1)C(C(O)c1ccc(OCc3ccc(Cl)cc3)cc1)OC2=O. The fourth-order valence-corrected chi connectivity index (χ4v) is 3.61. The Balaban J connectivity index is 1.51. The van der Waals surface area contributed by atoms with Crippen LogP contribution in [0.15, 0.2) is 60.7 Å². The minimum absolute atomic E-state index is 0.301. The third-order valence-corrected chi connectivity index (χ3v) is 5.39. The number of ether oxygens (including phenoxy) is 4. The fraction of sp³-hybridized carbons (Fsp3) is 0.208. The van der Waals surface area contributed by atoms with Gasteiger partial charge in [-0.25, -0.2) is 4.79 Å². The number of carbonyl (C=O) groups excluding carboxylic acids is 1. The summed E-state index contributed by atoms with van der Waals surface area (Å²) in [6, 6.07) is 17.7. The van der Waals surface area contributed by atoms with E-state index < -0.39 is 18.2 Å². The Bertz CT molecular complexity index is 1080. The number of halogens is 1. The highest BCUT2D eigenvalue weighted by molar-refractivity contribution is 6.30. The van der Waals surface area contributed by atoms with E-state index in [4.69, 9.17) is 30.5 Å². The highest BCUT2D eigenvalue weighted by atomic mass is 35.5. The number of carbonyl (C=O) groups is 1. The lowest BCUT2D eigenvalue weighted by molar-refractivity contribution is -0.0103. The van der Waals surface area contributed by atoms with Gasteiger partial charge in [0.25, 0.3) is 0 Å². The second-order valence-corrected chi connectivity index (χ2v) is 7.49. The molecule has 2 atom stereocenters. The summed E-state index contributed by atoms with van der Waals surface area (Å²) in [5.74, 6) is 0.969. The predicted molar refractivity (Wildman–Crippen MR) is 115 cm³/mol. The molecule has 0 saturated carbocycles. The van der Waals surface area contributed by atoms with Crippen LogP contribution < -0.4 is 14.2 Å². The largest absolute Gasteiger partial charge is 0.497 e. The lowest BCUT2D eigenvalue weighted by Crippen LogP contribution is -2.11. The van der Waals surface area contributed by atoms with Gasteiger partial charge in [0.05, 0.1) is 14.2 Å². The number of cyclic esters (lactones) is 1. The maximum atomic E-state index is 12.4. The zero-order chi connectivity index (χ0) is 22.0. The molecular formula is C24H21ClO6. The first-order valence-electron chi connectivity index (χ1n) is 9.62. The molecule has 0 aliphatic carbocycles. The van der Waals surface area contributed by atoms with Gasteiger partial charge in [0.1, 0.15) is 35.5 Å². The summed E-state index contributed by atoms with van der Waals surface area (Å²) in [6.07, 6.45) is -1.93. The molecular weight excluding hydrogens is 420 g/mol. The number of rotatable bonds is 7. The lowest BCUT2D eigenvalue weighted by atomic mass is 9.96. The minimum atomic E-state index is -1.06. The second kappa shape index (κ2) is 8.88. The van der Waals surface area contributed by atoms with E-state index in [1.54, 1.807) is 36.4 Å². The third kappa shape index (κ3) is 4.31. The smallest absolute Gasteiger partial charge is 0.343 e. The Kier molecular flexibility index (Phi) is 6.02. The maximum Gasteiger partial charge on any atom is 0.343 e. The molecule has 0 amide bonds. The number of hydrogen-bond donors (Lipinski definition) is 1. The molecule has 0 spiro atoms. The van der Waals surface area contributed by atoms with E-state index in [-0.39, 0.29) is 0 Å². The predicted octanol–water partition coefficient (Wildman–Crippen LogP) is 4.88. The van der Waals surface area contributed by atoms with Crippen LogP contribution in [0.1, 0.15) is 39.3 Å². The van der Waals surface area contributed by atoms with E-state index in [0.717, 1.165) is 5.56 Å². The van der Waals surface area contributed by atoms with Crippen LogP contribution in [0.2, 0.25) is 5.02 Å². The molecule has 0 fully saturated rings. The van der Waals surface area contributed by atoms with Crippen molar-refractivity contribution >= 4 is 17.6 Å². The fourth-order valence-electron chi connectivity index (χ4n) is 3.49. The van der Waals surface area contributed by atoms with Gasteiger partial charge in [-0.3, -0.25) is 0 Å². The van der Waals surface area contributed by atoms with E-state index in [1.807, 2.05) is 24.3 Å². The van der Waals surface area contributed by atoms with Gasteiger partial charge in [-0.1, -0.05) is 35.9 Å². The molecule has 0 saturated heterocycles. The molecule has 0 radical (unpaired) electrons. The highest BCUT2D eigenvalue weighted by Gasteiger charge is 2.39. The number of benzene rings is 3. The zero-order valence-electron chi connectivity index (χ0n) is 17.0. The minimum Gasteiger partial charge on any atom is -0.497 e. The van der Waals surface area contributed by atoms with Gasteiger partial charge >= 0.3 is 5.97 Å². The summed E-state index contributed by atoms with van der Waals surface area (Å²) < 4.78 is 21.8. The summed E-state index contributed by atoms with van der Waals surface area (Å²) >= 11 is 5.89. The molecule has 3 aromatic carbocycles. The Morgan fingerprint density at radius 2 is 1.71 bits per heavy atom. The van der Waals surface area contributed by atoms with Gasteiger partial charge in [0.2, 0.25) is 0 Å². The first-order chi connectivity index (χ1) is 15.0. The normalized spacial score (nSPS) is 15.7. The van der Waals surface area contributed by atoms with Crippen molar-refractivity contribution in [1.82, 2.24) is 0 Å². The number of hydrogen-bond acceptors (Lipinski definition) is 6. The molecule has 1 aliphatic rings. The number of esters is 1. The van der Waals surface area contributed by atoms with E-state index in [2.05, 4.69) is 0 Å². The molecule has 1 N–H and O–H groups in total. The van der Waals surface area contributed by atoms with E-state index in [1.165, 1.54) is 14.2 Å². The monoisotopic (exact) mass is 440 g/mol. The lowest BCUT2D eigenvalue weighted by Gasteiger charge is -2.19. The van der Waals surface area contributed by atoms with Gasteiger partial charge in [0.15, 0.2) is 6.10 Å². The van der Waals surface area contributed by atoms with Crippen molar-refractivity contribution < 1.29 is 28.8 Å². The molecule has 1 heterocycles. The maximum absolute atomic E-state index is 12.4. The molecule has 7 heteroatoms. The van der Waals surface area contributed by atoms with E-state index in [9.17, 15) is 9.90 Å². The van der Waals surface area contributed by atoms with E-state index in [0.29, 0.717) is 45.6 Å². The molecule has 0 aromatic heterocycles. The third-order valence-electron chi connectivity index (χ3n) is 5.13. The molecule has 31 heavy (non-hydrogen) atoms. The number of aliphatic hydroxyl groups is 1. The Morgan fingerprint density at radius 1 is 1.00 bits per heavy atom. The van der Waals surface area contributed by atoms with Gasteiger partial charge in [-0.05, 0) is 41.5 Å². The average Bonchev–Trinajstić information content (AvgIpc) is 3.14. The van der Waals surface area contributed by atoms with Crippen LogP contribution in [0.4, 0.5) is 0 Å². The summed E-state index contributed by atoms with van der Waals surface area (Å²) in [5.41, 5.74) is 2.41. The zero-order valence-corrected chi connectivity index (χ0v) is 17.8. The first-order valence-corrected chi connectivity index (χ1v) is 10.00. The summed E-state index contributed by atoms with van der Waals surface area (Å²) in [7, 11) is 2.99. The first kappa shape index (κ1) is 21.0. The van der Waals surface area contributed by atoms with Gasteiger partial charge < -0.3 is 24.1 Å². The van der Waals surface area contributed by atoms with Crippen LogP contribution in [-0.2, 0) is 11.3 Å². The van der Waals surface area contributed by atoms with Crippen molar-refractivity contribution in [3.8, 4) is 17.2 Å². The van der Waals surface area contributed by atoms with Crippen LogP contribution in [0.3, 0.4) is 0 Å². The van der Waals surface area contributed by atoms with Crippen molar-refractivity contribution in [3.05, 3.63) is 87.9 Å². The molecule has 1 aliphatic heterocycles. The van der Waals surface area contributed by atoms with Crippen molar-refractivity contribution in [3.63, 3.8) is 0 Å². The van der Waals surface area contributed by atoms with Crippen molar-refractivity contribution in [2.45, 2.75) is 18.8 Å². The molecule has 3 aromatic rings. The number of aliphatic hydroxyl groups excluding tert-OH is 1. The van der Waals surface area contributed by atoms with Crippen LogP contribution in [0, 0.1) is 0 Å². The van der Waals surface area contributed by atoms with Crippen molar-refractivity contribution in [1.29, 1.82) is 0 Å². The standard InChI is InChI=1S/C24H21ClO6/c1-28-18-11-19-21(20(12-18)29-2)24(27)31-23(19)22(26)15-5-9-17(10-6-15)30-13-14-3-7-16(25)8-4-14/h3-12,22-23,26H,13H2,1-2H3. The molecule has 2 unspecified atom stereocenters. The Morgan fingerprint density at radius 3 is 2.35 bits per heavy atom. The van der Waals surface area contributed by atoms with Crippen LogP contribution >= 0.6 is 11.6 Å². The molecule has 0 bridgehead atoms. The topological polar surface area (TPSA) is 74.2 Å².